The molecule has 1 aromatic heterocycles. The van der Waals surface area contributed by atoms with E-state index < -0.39 is 5.97 Å². The Morgan fingerprint density at radius 2 is 2.18 bits per heavy atom. The van der Waals surface area contributed by atoms with Crippen molar-refractivity contribution in [3.63, 3.8) is 0 Å². The molecule has 2 aromatic rings. The molecule has 0 amide bonds. The van der Waals surface area contributed by atoms with Crippen LogP contribution in [-0.4, -0.2) is 11.1 Å². The fourth-order valence-corrected chi connectivity index (χ4v) is 2.56. The molecule has 1 heterocycles. The second-order valence-corrected chi connectivity index (χ2v) is 5.36. The number of benzene rings is 1. The van der Waals surface area contributed by atoms with Crippen LogP contribution in [0.5, 0.6) is 0 Å². The molecule has 88 valence electrons. The van der Waals surface area contributed by atoms with Crippen LogP contribution < -0.4 is 0 Å². The predicted molar refractivity (Wildman–Crippen MR) is 72.7 cm³/mol. The van der Waals surface area contributed by atoms with E-state index in [1.807, 2.05) is 18.2 Å². The van der Waals surface area contributed by atoms with Crippen LogP contribution in [0, 0.1) is 5.92 Å². The largest absolute Gasteiger partial charge is 0.477 e. The Morgan fingerprint density at radius 3 is 2.82 bits per heavy atom. The van der Waals surface area contributed by atoms with Gasteiger partial charge < -0.3 is 5.11 Å². The third-order valence-electron chi connectivity index (χ3n) is 2.47. The van der Waals surface area contributed by atoms with Crippen molar-refractivity contribution < 1.29 is 9.90 Å². The van der Waals surface area contributed by atoms with Gasteiger partial charge in [0.15, 0.2) is 0 Å². The molecule has 0 radical (unpaired) electrons. The quantitative estimate of drug-likeness (QED) is 0.878. The Labute approximate surface area is 104 Å². The standard InChI is InChI=1S/C14H14O2S/c1-9(2)6-7-10-4-3-5-12-11(10)8-13(17-12)14(15)16/h3-9H,1-2H3,(H,15,16). The van der Waals surface area contributed by atoms with E-state index in [0.717, 1.165) is 15.6 Å². The highest BCUT2D eigenvalue weighted by Gasteiger charge is 2.09. The van der Waals surface area contributed by atoms with E-state index in [-0.39, 0.29) is 0 Å². The molecule has 1 aromatic carbocycles. The van der Waals surface area contributed by atoms with Crippen LogP contribution in [0.15, 0.2) is 30.3 Å². The number of hydrogen-bond donors (Lipinski definition) is 1. The summed E-state index contributed by atoms with van der Waals surface area (Å²) in [5.41, 5.74) is 1.08. The van der Waals surface area contributed by atoms with Crippen molar-refractivity contribution in [1.82, 2.24) is 0 Å². The lowest BCUT2D eigenvalue weighted by atomic mass is 10.1. The lowest BCUT2D eigenvalue weighted by Gasteiger charge is -1.97. The van der Waals surface area contributed by atoms with E-state index in [1.165, 1.54) is 11.3 Å². The van der Waals surface area contributed by atoms with E-state index in [2.05, 4.69) is 26.0 Å². The number of thiophene rings is 1. The molecule has 0 saturated heterocycles. The summed E-state index contributed by atoms with van der Waals surface area (Å²) in [6.45, 7) is 4.24. The van der Waals surface area contributed by atoms with E-state index in [9.17, 15) is 4.79 Å². The van der Waals surface area contributed by atoms with Crippen molar-refractivity contribution in [3.8, 4) is 0 Å². The number of rotatable bonds is 3. The number of hydrogen-bond acceptors (Lipinski definition) is 2. The molecular formula is C14H14O2S. The van der Waals surface area contributed by atoms with Crippen LogP contribution in [0.4, 0.5) is 0 Å². The monoisotopic (exact) mass is 246 g/mol. The first kappa shape index (κ1) is 11.9. The lowest BCUT2D eigenvalue weighted by Crippen LogP contribution is -1.89. The molecule has 1 N–H and O–H groups in total. The molecule has 0 bridgehead atoms. The molecule has 3 heteroatoms. The Balaban J connectivity index is 2.53. The van der Waals surface area contributed by atoms with Gasteiger partial charge in [-0.1, -0.05) is 38.1 Å². The third kappa shape index (κ3) is 2.56. The van der Waals surface area contributed by atoms with Gasteiger partial charge in [-0.2, -0.15) is 0 Å². The summed E-state index contributed by atoms with van der Waals surface area (Å²) in [6, 6.07) is 7.69. The van der Waals surface area contributed by atoms with Gasteiger partial charge in [0.05, 0.1) is 0 Å². The number of carbonyl (C=O) groups is 1. The van der Waals surface area contributed by atoms with Crippen molar-refractivity contribution in [2.75, 3.05) is 0 Å². The number of aromatic carboxylic acids is 1. The Morgan fingerprint density at radius 1 is 1.41 bits per heavy atom. The first-order chi connectivity index (χ1) is 8.08. The SMILES string of the molecule is CC(C)C=Cc1cccc2sc(C(=O)O)cc12. The molecule has 17 heavy (non-hydrogen) atoms. The Hall–Kier alpha value is -1.61. The smallest absolute Gasteiger partial charge is 0.345 e. The van der Waals surface area contributed by atoms with Crippen molar-refractivity contribution in [1.29, 1.82) is 0 Å². The van der Waals surface area contributed by atoms with Gasteiger partial charge in [0, 0.05) is 10.1 Å². The van der Waals surface area contributed by atoms with Crippen LogP contribution in [-0.2, 0) is 0 Å². The summed E-state index contributed by atoms with van der Waals surface area (Å²) in [5.74, 6) is -0.368. The molecule has 2 rings (SSSR count). The highest BCUT2D eigenvalue weighted by molar-refractivity contribution is 7.20. The van der Waals surface area contributed by atoms with Gasteiger partial charge in [0.2, 0.25) is 0 Å². The molecule has 0 saturated carbocycles. The maximum Gasteiger partial charge on any atom is 0.345 e. The van der Waals surface area contributed by atoms with Gasteiger partial charge in [-0.3, -0.25) is 0 Å². The molecule has 0 fully saturated rings. The average Bonchev–Trinajstić information content (AvgIpc) is 2.70. The van der Waals surface area contributed by atoms with E-state index in [0.29, 0.717) is 10.8 Å². The van der Waals surface area contributed by atoms with Gasteiger partial charge in [0.25, 0.3) is 0 Å². The van der Waals surface area contributed by atoms with Gasteiger partial charge in [-0.15, -0.1) is 11.3 Å². The normalized spacial score (nSPS) is 11.7. The van der Waals surface area contributed by atoms with E-state index >= 15 is 0 Å². The zero-order valence-electron chi connectivity index (χ0n) is 9.81. The molecule has 2 nitrogen and oxygen atoms in total. The summed E-state index contributed by atoms with van der Waals surface area (Å²) in [4.78, 5) is 11.3. The summed E-state index contributed by atoms with van der Waals surface area (Å²) < 4.78 is 1.02. The highest BCUT2D eigenvalue weighted by atomic mass is 32.1. The lowest BCUT2D eigenvalue weighted by molar-refractivity contribution is 0.0702. The van der Waals surface area contributed by atoms with E-state index in [1.54, 1.807) is 6.07 Å². The molecule has 0 atom stereocenters. The fourth-order valence-electron chi connectivity index (χ4n) is 1.63. The first-order valence-electron chi connectivity index (χ1n) is 5.52. The average molecular weight is 246 g/mol. The maximum atomic E-state index is 10.9. The van der Waals surface area contributed by atoms with Crippen LogP contribution >= 0.6 is 11.3 Å². The fraction of sp³-hybridized carbons (Fsp3) is 0.214. The van der Waals surface area contributed by atoms with Gasteiger partial charge in [0.1, 0.15) is 4.88 Å². The second kappa shape index (κ2) is 4.72. The van der Waals surface area contributed by atoms with Crippen LogP contribution in [0.1, 0.15) is 29.1 Å². The summed E-state index contributed by atoms with van der Waals surface area (Å²) in [5, 5.41) is 10.0. The Bertz CT molecular complexity index is 579. The van der Waals surface area contributed by atoms with Gasteiger partial charge in [-0.25, -0.2) is 4.79 Å². The number of carboxylic acid groups (broad SMARTS) is 1. The third-order valence-corrected chi connectivity index (χ3v) is 3.55. The number of carboxylic acids is 1. The van der Waals surface area contributed by atoms with Crippen LogP contribution in [0.3, 0.4) is 0 Å². The molecule has 0 spiro atoms. The van der Waals surface area contributed by atoms with Crippen molar-refractivity contribution in [2.45, 2.75) is 13.8 Å². The van der Waals surface area contributed by atoms with Gasteiger partial charge >= 0.3 is 5.97 Å². The molecule has 0 unspecified atom stereocenters. The zero-order chi connectivity index (χ0) is 12.4. The zero-order valence-corrected chi connectivity index (χ0v) is 10.6. The number of fused-ring (bicyclic) bond motifs is 1. The van der Waals surface area contributed by atoms with Crippen molar-refractivity contribution >= 4 is 33.5 Å². The van der Waals surface area contributed by atoms with Crippen LogP contribution in [0.25, 0.3) is 16.2 Å². The minimum atomic E-state index is -0.856. The van der Waals surface area contributed by atoms with Crippen LogP contribution in [0.2, 0.25) is 0 Å². The summed E-state index contributed by atoms with van der Waals surface area (Å²) >= 11 is 1.32. The summed E-state index contributed by atoms with van der Waals surface area (Å²) in [7, 11) is 0. The molecule has 0 aliphatic carbocycles. The molecular weight excluding hydrogens is 232 g/mol. The minimum absolute atomic E-state index is 0.394. The highest BCUT2D eigenvalue weighted by Crippen LogP contribution is 2.29. The molecule has 0 aliphatic heterocycles. The van der Waals surface area contributed by atoms with E-state index in [4.69, 9.17) is 5.11 Å². The topological polar surface area (TPSA) is 37.3 Å². The molecule has 0 aliphatic rings. The summed E-state index contributed by atoms with van der Waals surface area (Å²) in [6.07, 6.45) is 4.18. The second-order valence-electron chi connectivity index (χ2n) is 4.28. The maximum absolute atomic E-state index is 10.9. The minimum Gasteiger partial charge on any atom is -0.477 e. The van der Waals surface area contributed by atoms with Crippen molar-refractivity contribution in [3.05, 3.63) is 40.8 Å². The predicted octanol–water partition coefficient (Wildman–Crippen LogP) is 4.27. The number of allylic oxidation sites excluding steroid dienone is 1. The van der Waals surface area contributed by atoms with Crippen molar-refractivity contribution in [2.24, 2.45) is 5.92 Å². The first-order valence-corrected chi connectivity index (χ1v) is 6.33. The Kier molecular flexibility index (Phi) is 3.29. The van der Waals surface area contributed by atoms with Gasteiger partial charge in [-0.05, 0) is 23.6 Å².